The molecule has 0 radical (unpaired) electrons. The van der Waals surface area contributed by atoms with Gasteiger partial charge in [-0.3, -0.25) is 9.69 Å². The van der Waals surface area contributed by atoms with Crippen molar-refractivity contribution >= 4 is 16.6 Å². The van der Waals surface area contributed by atoms with Crippen molar-refractivity contribution in [3.63, 3.8) is 0 Å². The van der Waals surface area contributed by atoms with Gasteiger partial charge in [-0.25, -0.2) is 4.68 Å². The van der Waals surface area contributed by atoms with E-state index in [0.29, 0.717) is 31.0 Å². The Morgan fingerprint density at radius 2 is 1.82 bits per heavy atom. The molecule has 0 unspecified atom stereocenters. The van der Waals surface area contributed by atoms with Gasteiger partial charge in [0.2, 0.25) is 0 Å². The van der Waals surface area contributed by atoms with Gasteiger partial charge in [-0.05, 0) is 83.3 Å². The van der Waals surface area contributed by atoms with Crippen LogP contribution in [0, 0.1) is 13.8 Å². The van der Waals surface area contributed by atoms with Gasteiger partial charge >= 0.3 is 0 Å². The van der Waals surface area contributed by atoms with Crippen LogP contribution in [0.4, 0.5) is 5.69 Å². The molecule has 1 atom stereocenters. The number of anilines is 1. The van der Waals surface area contributed by atoms with Crippen LogP contribution >= 0.6 is 0 Å². The summed E-state index contributed by atoms with van der Waals surface area (Å²) in [5, 5.41) is 13.7. The molecule has 1 N–H and O–H groups in total. The Morgan fingerprint density at radius 1 is 1.03 bits per heavy atom. The number of piperazine rings is 1. The predicted molar refractivity (Wildman–Crippen MR) is 148 cm³/mol. The van der Waals surface area contributed by atoms with E-state index in [1.165, 1.54) is 5.56 Å². The van der Waals surface area contributed by atoms with Crippen LogP contribution in [0.3, 0.4) is 0 Å². The number of nitrogens with zero attached hydrogens (tertiary/aromatic N) is 6. The number of aromatic amines is 1. The molecule has 4 heterocycles. The van der Waals surface area contributed by atoms with Crippen LogP contribution in [-0.4, -0.2) is 63.4 Å². The standard InChI is InChI=1S/C29H31N7O3/c1-19-15-21-17-23(29(37)30-24(21)16-20(19)2)27(28-31-32-33-36(28)18-22-7-6-14-39-22)35-12-10-34(11-13-35)25-8-4-5-9-26(25)38-3/h4-9,14-17,27H,10-13,18H2,1-3H3,(H,30,37)/t27-/m0/s1. The van der Waals surface area contributed by atoms with Crippen LogP contribution in [-0.2, 0) is 6.54 Å². The van der Waals surface area contributed by atoms with Gasteiger partial charge in [-0.2, -0.15) is 0 Å². The number of furan rings is 1. The first-order chi connectivity index (χ1) is 19.0. The van der Waals surface area contributed by atoms with Gasteiger partial charge in [0, 0.05) is 37.3 Å². The second-order valence-corrected chi connectivity index (χ2v) is 9.95. The van der Waals surface area contributed by atoms with E-state index in [0.717, 1.165) is 46.8 Å². The zero-order chi connectivity index (χ0) is 26.9. The Labute approximate surface area is 225 Å². The van der Waals surface area contributed by atoms with Crippen molar-refractivity contribution in [3.8, 4) is 5.75 Å². The van der Waals surface area contributed by atoms with E-state index >= 15 is 0 Å². The smallest absolute Gasteiger partial charge is 0.253 e. The number of H-pyrrole nitrogens is 1. The number of hydrogen-bond acceptors (Lipinski definition) is 8. The fourth-order valence-corrected chi connectivity index (χ4v) is 5.38. The summed E-state index contributed by atoms with van der Waals surface area (Å²) in [7, 11) is 1.69. The Morgan fingerprint density at radius 3 is 2.59 bits per heavy atom. The van der Waals surface area contributed by atoms with Crippen LogP contribution in [0.2, 0.25) is 0 Å². The molecular formula is C29H31N7O3. The number of tetrazole rings is 1. The van der Waals surface area contributed by atoms with E-state index in [1.54, 1.807) is 18.1 Å². The minimum atomic E-state index is -0.440. The third-order valence-corrected chi connectivity index (χ3v) is 7.58. The molecule has 1 saturated heterocycles. The van der Waals surface area contributed by atoms with Gasteiger partial charge in [0.05, 0.1) is 19.1 Å². The Balaban J connectivity index is 1.39. The summed E-state index contributed by atoms with van der Waals surface area (Å²) >= 11 is 0. The normalized spacial score (nSPS) is 15.1. The second-order valence-electron chi connectivity index (χ2n) is 9.95. The van der Waals surface area contributed by atoms with Crippen molar-refractivity contribution in [3.05, 3.63) is 99.5 Å². The van der Waals surface area contributed by atoms with Crippen LogP contribution in [0.5, 0.6) is 5.75 Å². The number of aryl methyl sites for hydroxylation is 2. The maximum atomic E-state index is 13.6. The van der Waals surface area contributed by atoms with Crippen molar-refractivity contribution in [1.29, 1.82) is 0 Å². The van der Waals surface area contributed by atoms with Crippen molar-refractivity contribution in [2.75, 3.05) is 38.2 Å². The monoisotopic (exact) mass is 525 g/mol. The van der Waals surface area contributed by atoms with Gasteiger partial charge in [-0.15, -0.1) is 5.10 Å². The van der Waals surface area contributed by atoms with E-state index in [2.05, 4.69) is 49.4 Å². The first-order valence-electron chi connectivity index (χ1n) is 13.1. The van der Waals surface area contributed by atoms with E-state index in [4.69, 9.17) is 9.15 Å². The maximum absolute atomic E-state index is 13.6. The molecular weight excluding hydrogens is 494 g/mol. The number of ether oxygens (including phenoxy) is 1. The Bertz CT molecular complexity index is 1650. The van der Waals surface area contributed by atoms with Crippen molar-refractivity contribution in [1.82, 2.24) is 30.1 Å². The van der Waals surface area contributed by atoms with Crippen molar-refractivity contribution in [2.45, 2.75) is 26.4 Å². The Hall–Kier alpha value is -4.44. The topological polar surface area (TPSA) is 105 Å². The molecule has 1 aliphatic rings. The molecule has 10 nitrogen and oxygen atoms in total. The zero-order valence-corrected chi connectivity index (χ0v) is 22.3. The number of para-hydroxylation sites is 2. The predicted octanol–water partition coefficient (Wildman–Crippen LogP) is 3.69. The minimum Gasteiger partial charge on any atom is -0.495 e. The lowest BCUT2D eigenvalue weighted by Gasteiger charge is -2.40. The minimum absolute atomic E-state index is 0.143. The van der Waals surface area contributed by atoms with Gasteiger partial charge in [0.25, 0.3) is 5.56 Å². The quantitative estimate of drug-likeness (QED) is 0.343. The van der Waals surface area contributed by atoms with E-state index in [9.17, 15) is 4.79 Å². The van der Waals surface area contributed by atoms with Crippen LogP contribution < -0.4 is 15.2 Å². The Kier molecular flexibility index (Phi) is 6.62. The number of benzene rings is 2. The van der Waals surface area contributed by atoms with Crippen LogP contribution in [0.1, 0.15) is 34.3 Å². The summed E-state index contributed by atoms with van der Waals surface area (Å²) in [6, 6.07) is 17.5. The highest BCUT2D eigenvalue weighted by molar-refractivity contribution is 5.81. The molecule has 0 spiro atoms. The molecule has 2 aromatic carbocycles. The highest BCUT2D eigenvalue weighted by Crippen LogP contribution is 2.32. The number of aromatic nitrogens is 5. The number of fused-ring (bicyclic) bond motifs is 1. The molecule has 1 aliphatic heterocycles. The highest BCUT2D eigenvalue weighted by atomic mass is 16.5. The molecule has 39 heavy (non-hydrogen) atoms. The molecule has 0 aliphatic carbocycles. The largest absolute Gasteiger partial charge is 0.495 e. The summed E-state index contributed by atoms with van der Waals surface area (Å²) in [5.74, 6) is 2.19. The average molecular weight is 526 g/mol. The molecule has 200 valence electrons. The molecule has 3 aromatic heterocycles. The zero-order valence-electron chi connectivity index (χ0n) is 22.3. The molecule has 10 heteroatoms. The van der Waals surface area contributed by atoms with Gasteiger partial charge < -0.3 is 19.0 Å². The molecule has 0 saturated carbocycles. The number of nitrogens with one attached hydrogen (secondary N) is 1. The lowest BCUT2D eigenvalue weighted by molar-refractivity contribution is 0.199. The lowest BCUT2D eigenvalue weighted by atomic mass is 10.00. The van der Waals surface area contributed by atoms with Gasteiger partial charge in [-0.1, -0.05) is 12.1 Å². The highest BCUT2D eigenvalue weighted by Gasteiger charge is 2.33. The second kappa shape index (κ2) is 10.4. The summed E-state index contributed by atoms with van der Waals surface area (Å²) < 4.78 is 12.9. The third kappa shape index (κ3) is 4.79. The summed E-state index contributed by atoms with van der Waals surface area (Å²) in [6.45, 7) is 7.45. The summed E-state index contributed by atoms with van der Waals surface area (Å²) in [4.78, 5) is 21.3. The average Bonchev–Trinajstić information content (AvgIpc) is 3.63. The molecule has 1 fully saturated rings. The third-order valence-electron chi connectivity index (χ3n) is 7.58. The van der Waals surface area contributed by atoms with Crippen molar-refractivity contribution in [2.24, 2.45) is 0 Å². The summed E-state index contributed by atoms with van der Waals surface area (Å²) in [5.41, 5.74) is 4.67. The molecule has 0 bridgehead atoms. The van der Waals surface area contributed by atoms with Crippen LogP contribution in [0.25, 0.3) is 10.9 Å². The number of rotatable bonds is 7. The first-order valence-corrected chi connectivity index (χ1v) is 13.1. The number of hydrogen-bond donors (Lipinski definition) is 1. The van der Waals surface area contributed by atoms with E-state index < -0.39 is 6.04 Å². The maximum Gasteiger partial charge on any atom is 0.253 e. The van der Waals surface area contributed by atoms with Gasteiger partial charge in [0.15, 0.2) is 5.82 Å². The number of methoxy groups -OCH3 is 1. The number of pyridine rings is 1. The van der Waals surface area contributed by atoms with Gasteiger partial charge in [0.1, 0.15) is 24.1 Å². The SMILES string of the molecule is COc1ccccc1N1CCN([C@@H](c2cc3cc(C)c(C)cc3[nH]c2=O)c2nnnn2Cc2ccco2)CC1. The van der Waals surface area contributed by atoms with Crippen LogP contribution in [0.15, 0.2) is 70.1 Å². The first kappa shape index (κ1) is 24.9. The summed E-state index contributed by atoms with van der Waals surface area (Å²) in [6.07, 6.45) is 1.63. The molecule has 5 aromatic rings. The van der Waals surface area contributed by atoms with E-state index in [1.807, 2.05) is 49.4 Å². The van der Waals surface area contributed by atoms with Crippen molar-refractivity contribution < 1.29 is 9.15 Å². The van der Waals surface area contributed by atoms with E-state index in [-0.39, 0.29) is 5.56 Å². The fraction of sp³-hybridized carbons (Fsp3) is 0.310. The lowest BCUT2D eigenvalue weighted by Crippen LogP contribution is -2.49. The molecule has 0 amide bonds. The fourth-order valence-electron chi connectivity index (χ4n) is 5.38. The molecule has 6 rings (SSSR count).